The van der Waals surface area contributed by atoms with Crippen LogP contribution in [0.2, 0.25) is 0 Å². The number of halogens is 2. The highest BCUT2D eigenvalue weighted by Gasteiger charge is 2.26. The summed E-state index contributed by atoms with van der Waals surface area (Å²) in [4.78, 5) is 0. The standard InChI is InChI=1S/C11H14F2O/c1-4-7-5-6-8(12)9(10(7)13)11(2,3)14/h5-6,14H,4H2,1-3H3. The maximum absolute atomic E-state index is 13.6. The zero-order chi connectivity index (χ0) is 10.9. The zero-order valence-electron chi connectivity index (χ0n) is 8.56. The average Bonchev–Trinajstić information content (AvgIpc) is 2.02. The maximum Gasteiger partial charge on any atom is 0.135 e. The smallest absolute Gasteiger partial charge is 0.135 e. The minimum absolute atomic E-state index is 0.253. The summed E-state index contributed by atoms with van der Waals surface area (Å²) < 4.78 is 26.9. The highest BCUT2D eigenvalue weighted by molar-refractivity contribution is 5.31. The molecule has 0 atom stereocenters. The van der Waals surface area contributed by atoms with Crippen LogP contribution in [0.4, 0.5) is 8.78 Å². The molecule has 0 fully saturated rings. The van der Waals surface area contributed by atoms with Crippen LogP contribution < -0.4 is 0 Å². The first-order valence-corrected chi connectivity index (χ1v) is 4.57. The Kier molecular flexibility index (Phi) is 2.90. The summed E-state index contributed by atoms with van der Waals surface area (Å²) in [6, 6.07) is 2.59. The van der Waals surface area contributed by atoms with Gasteiger partial charge in [-0.15, -0.1) is 0 Å². The van der Waals surface area contributed by atoms with Crippen molar-refractivity contribution in [3.05, 3.63) is 34.9 Å². The molecule has 0 saturated heterocycles. The molecule has 1 aromatic rings. The molecule has 0 amide bonds. The lowest BCUT2D eigenvalue weighted by Gasteiger charge is -2.20. The van der Waals surface area contributed by atoms with Crippen molar-refractivity contribution in [2.24, 2.45) is 0 Å². The first-order valence-electron chi connectivity index (χ1n) is 4.57. The van der Waals surface area contributed by atoms with Gasteiger partial charge < -0.3 is 5.11 Å². The van der Waals surface area contributed by atoms with Crippen molar-refractivity contribution in [2.45, 2.75) is 32.8 Å². The van der Waals surface area contributed by atoms with E-state index in [1.807, 2.05) is 0 Å². The van der Waals surface area contributed by atoms with Crippen molar-refractivity contribution in [1.82, 2.24) is 0 Å². The van der Waals surface area contributed by atoms with Crippen LogP contribution in [0, 0.1) is 11.6 Å². The van der Waals surface area contributed by atoms with Crippen molar-refractivity contribution < 1.29 is 13.9 Å². The van der Waals surface area contributed by atoms with E-state index in [1.54, 1.807) is 6.92 Å². The maximum atomic E-state index is 13.6. The predicted octanol–water partition coefficient (Wildman–Crippen LogP) is 2.75. The lowest BCUT2D eigenvalue weighted by Crippen LogP contribution is -2.20. The van der Waals surface area contributed by atoms with Crippen LogP contribution >= 0.6 is 0 Å². The van der Waals surface area contributed by atoms with Crippen LogP contribution in [-0.2, 0) is 12.0 Å². The third kappa shape index (κ3) is 1.93. The molecule has 1 rings (SSSR count). The molecular formula is C11H14F2O. The summed E-state index contributed by atoms with van der Waals surface area (Å²) in [5, 5.41) is 9.59. The molecular weight excluding hydrogens is 186 g/mol. The van der Waals surface area contributed by atoms with Gasteiger partial charge in [0.1, 0.15) is 11.6 Å². The average molecular weight is 200 g/mol. The summed E-state index contributed by atoms with van der Waals surface area (Å²) in [7, 11) is 0. The molecule has 0 spiro atoms. The molecule has 0 saturated carbocycles. The van der Waals surface area contributed by atoms with E-state index in [0.717, 1.165) is 0 Å². The largest absolute Gasteiger partial charge is 0.386 e. The molecule has 78 valence electrons. The van der Waals surface area contributed by atoms with Crippen LogP contribution in [0.3, 0.4) is 0 Å². The molecule has 14 heavy (non-hydrogen) atoms. The monoisotopic (exact) mass is 200 g/mol. The van der Waals surface area contributed by atoms with Crippen molar-refractivity contribution in [2.75, 3.05) is 0 Å². The fourth-order valence-corrected chi connectivity index (χ4v) is 1.43. The quantitative estimate of drug-likeness (QED) is 0.778. The number of aryl methyl sites for hydroxylation is 1. The highest BCUT2D eigenvalue weighted by Crippen LogP contribution is 2.27. The van der Waals surface area contributed by atoms with Gasteiger partial charge in [0.15, 0.2) is 0 Å². The van der Waals surface area contributed by atoms with Crippen molar-refractivity contribution in [1.29, 1.82) is 0 Å². The van der Waals surface area contributed by atoms with Gasteiger partial charge >= 0.3 is 0 Å². The molecule has 1 N–H and O–H groups in total. The van der Waals surface area contributed by atoms with Gasteiger partial charge in [0.25, 0.3) is 0 Å². The van der Waals surface area contributed by atoms with Gasteiger partial charge in [-0.05, 0) is 31.9 Å². The molecule has 1 nitrogen and oxygen atoms in total. The van der Waals surface area contributed by atoms with Crippen LogP contribution in [0.1, 0.15) is 31.9 Å². The number of hydrogen-bond acceptors (Lipinski definition) is 1. The topological polar surface area (TPSA) is 20.2 Å². The molecule has 0 bridgehead atoms. The van der Waals surface area contributed by atoms with E-state index >= 15 is 0 Å². The summed E-state index contributed by atoms with van der Waals surface area (Å²) in [5.74, 6) is -1.34. The Labute approximate surface area is 82.4 Å². The van der Waals surface area contributed by atoms with Crippen molar-refractivity contribution in [3.63, 3.8) is 0 Å². The van der Waals surface area contributed by atoms with Crippen LogP contribution in [0.15, 0.2) is 12.1 Å². The number of hydrogen-bond donors (Lipinski definition) is 1. The number of benzene rings is 1. The van der Waals surface area contributed by atoms with Gasteiger partial charge in [0, 0.05) is 0 Å². The second kappa shape index (κ2) is 3.65. The van der Waals surface area contributed by atoms with Gasteiger partial charge in [-0.25, -0.2) is 8.78 Å². The molecule has 0 radical (unpaired) electrons. The van der Waals surface area contributed by atoms with Gasteiger partial charge in [0.2, 0.25) is 0 Å². The fourth-order valence-electron chi connectivity index (χ4n) is 1.43. The Morgan fingerprint density at radius 1 is 1.29 bits per heavy atom. The normalized spacial score (nSPS) is 11.9. The lowest BCUT2D eigenvalue weighted by atomic mass is 9.94. The second-order valence-corrected chi connectivity index (χ2v) is 3.81. The van der Waals surface area contributed by atoms with E-state index in [0.29, 0.717) is 12.0 Å². The first kappa shape index (κ1) is 11.1. The Hall–Kier alpha value is -0.960. The Morgan fingerprint density at radius 3 is 2.29 bits per heavy atom. The van der Waals surface area contributed by atoms with E-state index in [4.69, 9.17) is 0 Å². The summed E-state index contributed by atoms with van der Waals surface area (Å²) >= 11 is 0. The van der Waals surface area contributed by atoms with Crippen LogP contribution in [-0.4, -0.2) is 5.11 Å². The van der Waals surface area contributed by atoms with Gasteiger partial charge in [0.05, 0.1) is 11.2 Å². The summed E-state index contributed by atoms with van der Waals surface area (Å²) in [6.45, 7) is 4.52. The van der Waals surface area contributed by atoms with Crippen LogP contribution in [0.25, 0.3) is 0 Å². The third-order valence-electron chi connectivity index (χ3n) is 2.16. The molecule has 0 heterocycles. The molecule has 0 aliphatic heterocycles. The third-order valence-corrected chi connectivity index (χ3v) is 2.16. The Morgan fingerprint density at radius 2 is 1.86 bits per heavy atom. The second-order valence-electron chi connectivity index (χ2n) is 3.81. The fraction of sp³-hybridized carbons (Fsp3) is 0.455. The van der Waals surface area contributed by atoms with E-state index < -0.39 is 17.2 Å². The van der Waals surface area contributed by atoms with E-state index in [9.17, 15) is 13.9 Å². The number of rotatable bonds is 2. The van der Waals surface area contributed by atoms with Gasteiger partial charge in [-0.1, -0.05) is 13.0 Å². The van der Waals surface area contributed by atoms with E-state index in [-0.39, 0.29) is 5.56 Å². The molecule has 0 unspecified atom stereocenters. The van der Waals surface area contributed by atoms with Gasteiger partial charge in [-0.2, -0.15) is 0 Å². The molecule has 1 aromatic carbocycles. The van der Waals surface area contributed by atoms with E-state index in [1.165, 1.54) is 26.0 Å². The van der Waals surface area contributed by atoms with E-state index in [2.05, 4.69) is 0 Å². The number of aliphatic hydroxyl groups is 1. The van der Waals surface area contributed by atoms with Crippen LogP contribution in [0.5, 0.6) is 0 Å². The lowest BCUT2D eigenvalue weighted by molar-refractivity contribution is 0.0700. The first-order chi connectivity index (χ1) is 6.38. The minimum Gasteiger partial charge on any atom is -0.386 e. The van der Waals surface area contributed by atoms with Gasteiger partial charge in [-0.3, -0.25) is 0 Å². The SMILES string of the molecule is CCc1ccc(F)c(C(C)(C)O)c1F. The summed E-state index contributed by atoms with van der Waals surface area (Å²) in [5.41, 5.74) is -1.32. The molecule has 0 aliphatic rings. The van der Waals surface area contributed by atoms with Crippen molar-refractivity contribution in [3.8, 4) is 0 Å². The molecule has 0 aliphatic carbocycles. The highest BCUT2D eigenvalue weighted by atomic mass is 19.1. The van der Waals surface area contributed by atoms with Crippen molar-refractivity contribution >= 4 is 0 Å². The minimum atomic E-state index is -1.49. The zero-order valence-corrected chi connectivity index (χ0v) is 8.56. The molecule has 3 heteroatoms. The predicted molar refractivity (Wildman–Crippen MR) is 51.0 cm³/mol. The summed E-state index contributed by atoms with van der Waals surface area (Å²) in [6.07, 6.45) is 0.481. The Balaban J connectivity index is 3.40. The molecule has 0 aromatic heterocycles. The Bertz CT molecular complexity index is 340.